The van der Waals surface area contributed by atoms with Gasteiger partial charge in [-0.15, -0.1) is 0 Å². The van der Waals surface area contributed by atoms with Crippen molar-refractivity contribution in [3.63, 3.8) is 0 Å². The Kier molecular flexibility index (Phi) is 6.97. The van der Waals surface area contributed by atoms with Gasteiger partial charge in [-0.1, -0.05) is 38.0 Å². The second-order valence-electron chi connectivity index (χ2n) is 9.12. The quantitative estimate of drug-likeness (QED) is 0.442. The van der Waals surface area contributed by atoms with Gasteiger partial charge in [-0.2, -0.15) is 0 Å². The molecule has 2 aliphatic carbocycles. The van der Waals surface area contributed by atoms with Crippen molar-refractivity contribution < 1.29 is 28.5 Å². The summed E-state index contributed by atoms with van der Waals surface area (Å²) >= 11 is 0. The average molecular weight is 433 g/mol. The number of esters is 1. The Labute approximate surface area is 183 Å². The van der Waals surface area contributed by atoms with E-state index >= 15 is 0 Å². The number of alkyl halides is 1. The topological polar surface area (TPSA) is 65.0 Å². The Hall–Kier alpha value is -1.92. The summed E-state index contributed by atoms with van der Waals surface area (Å²) in [6, 6.07) is 8.88. The van der Waals surface area contributed by atoms with E-state index < -0.39 is 24.0 Å². The third-order valence-electron chi connectivity index (χ3n) is 7.00. The van der Waals surface area contributed by atoms with Gasteiger partial charge in [-0.25, -0.2) is 9.18 Å². The van der Waals surface area contributed by atoms with Gasteiger partial charge >= 0.3 is 5.97 Å². The van der Waals surface area contributed by atoms with E-state index in [4.69, 9.17) is 14.2 Å². The first-order valence-corrected chi connectivity index (χ1v) is 11.6. The van der Waals surface area contributed by atoms with Gasteiger partial charge < -0.3 is 19.3 Å². The second kappa shape index (κ2) is 9.70. The van der Waals surface area contributed by atoms with E-state index in [2.05, 4.69) is 0 Å². The van der Waals surface area contributed by atoms with Crippen LogP contribution in [0, 0.1) is 17.8 Å². The summed E-state index contributed by atoms with van der Waals surface area (Å²) < 4.78 is 31.9. The Morgan fingerprint density at radius 2 is 2.03 bits per heavy atom. The van der Waals surface area contributed by atoms with Crippen molar-refractivity contribution in [1.82, 2.24) is 0 Å². The molecule has 4 rings (SSSR count). The van der Waals surface area contributed by atoms with Crippen LogP contribution in [0.1, 0.15) is 62.2 Å². The van der Waals surface area contributed by atoms with E-state index in [1.54, 1.807) is 30.3 Å². The fourth-order valence-corrected chi connectivity index (χ4v) is 5.53. The molecule has 1 heterocycles. The van der Waals surface area contributed by atoms with E-state index in [0.717, 1.165) is 19.3 Å². The van der Waals surface area contributed by atoms with Crippen LogP contribution < -0.4 is 0 Å². The first kappa shape index (κ1) is 22.3. The second-order valence-corrected chi connectivity index (χ2v) is 9.12. The highest BCUT2D eigenvalue weighted by atomic mass is 19.1. The summed E-state index contributed by atoms with van der Waals surface area (Å²) in [7, 11) is 0. The number of hydrogen-bond donors (Lipinski definition) is 1. The molecule has 1 aromatic rings. The Balaban J connectivity index is 1.49. The molecule has 0 aromatic heterocycles. The predicted molar refractivity (Wildman–Crippen MR) is 114 cm³/mol. The lowest BCUT2D eigenvalue weighted by atomic mass is 9.88. The lowest BCUT2D eigenvalue weighted by Crippen LogP contribution is -2.32. The first-order valence-electron chi connectivity index (χ1n) is 11.6. The molecule has 1 N–H and O–H groups in total. The van der Waals surface area contributed by atoms with Gasteiger partial charge in [0.05, 0.1) is 30.5 Å². The molecule has 5 atom stereocenters. The van der Waals surface area contributed by atoms with Crippen molar-refractivity contribution in [1.29, 1.82) is 0 Å². The van der Waals surface area contributed by atoms with Crippen LogP contribution >= 0.6 is 0 Å². The van der Waals surface area contributed by atoms with Crippen molar-refractivity contribution in [2.45, 2.75) is 69.9 Å². The van der Waals surface area contributed by atoms with Crippen LogP contribution in [0.3, 0.4) is 0 Å². The number of halogens is 1. The largest absolute Gasteiger partial charge is 0.512 e. The van der Waals surface area contributed by atoms with Crippen molar-refractivity contribution >= 4 is 5.97 Å². The lowest BCUT2D eigenvalue weighted by molar-refractivity contribution is -0.158. The summed E-state index contributed by atoms with van der Waals surface area (Å²) in [5.41, 5.74) is 0.490. The summed E-state index contributed by atoms with van der Waals surface area (Å²) in [6.45, 7) is 3.20. The van der Waals surface area contributed by atoms with Gasteiger partial charge in [0.2, 0.25) is 0 Å². The number of allylic oxidation sites excluding steroid dienone is 1. The molecule has 0 radical (unpaired) electrons. The Morgan fingerprint density at radius 3 is 2.74 bits per heavy atom. The Morgan fingerprint density at radius 1 is 1.29 bits per heavy atom. The monoisotopic (exact) mass is 432 g/mol. The molecule has 1 aliphatic heterocycles. The SMILES string of the molecule is CCCCC(F)C/C=C(/O)[C@@H]1[C@H]2CC3(C[C@H]2C[C@H]1OC(=O)c1ccccc1)OCCO3. The number of hydrogen-bond acceptors (Lipinski definition) is 5. The summed E-state index contributed by atoms with van der Waals surface area (Å²) in [4.78, 5) is 12.7. The lowest BCUT2D eigenvalue weighted by Gasteiger charge is -2.28. The number of unbranched alkanes of at least 4 members (excludes halogenated alkanes) is 1. The molecule has 5 nitrogen and oxygen atoms in total. The zero-order valence-electron chi connectivity index (χ0n) is 18.2. The minimum absolute atomic E-state index is 0.0802. The maximum absolute atomic E-state index is 14.2. The van der Waals surface area contributed by atoms with Gasteiger partial charge in [-0.3, -0.25) is 0 Å². The fourth-order valence-electron chi connectivity index (χ4n) is 5.53. The number of fused-ring (bicyclic) bond motifs is 1. The molecule has 6 heteroatoms. The van der Waals surface area contributed by atoms with Crippen LogP contribution in [0.5, 0.6) is 0 Å². The number of ether oxygens (including phenoxy) is 3. The zero-order chi connectivity index (χ0) is 21.8. The molecule has 170 valence electrons. The molecule has 0 amide bonds. The van der Waals surface area contributed by atoms with E-state index in [-0.39, 0.29) is 29.9 Å². The third-order valence-corrected chi connectivity index (χ3v) is 7.00. The molecule has 1 saturated heterocycles. The number of carbonyl (C=O) groups is 1. The maximum atomic E-state index is 14.2. The maximum Gasteiger partial charge on any atom is 0.338 e. The number of benzene rings is 1. The van der Waals surface area contributed by atoms with Gasteiger partial charge in [0.1, 0.15) is 12.3 Å². The van der Waals surface area contributed by atoms with Crippen LogP contribution in [0.25, 0.3) is 0 Å². The highest BCUT2D eigenvalue weighted by molar-refractivity contribution is 5.89. The van der Waals surface area contributed by atoms with Crippen LogP contribution in [0.4, 0.5) is 4.39 Å². The van der Waals surface area contributed by atoms with Crippen molar-refractivity contribution in [3.8, 4) is 0 Å². The van der Waals surface area contributed by atoms with E-state index in [9.17, 15) is 14.3 Å². The molecular formula is C25H33FO5. The third kappa shape index (κ3) is 4.96. The van der Waals surface area contributed by atoms with Crippen LogP contribution in [-0.4, -0.2) is 42.4 Å². The van der Waals surface area contributed by atoms with Gasteiger partial charge in [0, 0.05) is 19.3 Å². The molecule has 1 unspecified atom stereocenters. The smallest absolute Gasteiger partial charge is 0.338 e. The van der Waals surface area contributed by atoms with Crippen molar-refractivity contribution in [3.05, 3.63) is 47.7 Å². The molecule has 3 fully saturated rings. The van der Waals surface area contributed by atoms with E-state index in [1.165, 1.54) is 0 Å². The molecular weight excluding hydrogens is 399 g/mol. The molecule has 0 bridgehead atoms. The minimum Gasteiger partial charge on any atom is -0.512 e. The van der Waals surface area contributed by atoms with Crippen molar-refractivity contribution in [2.75, 3.05) is 13.2 Å². The van der Waals surface area contributed by atoms with Crippen molar-refractivity contribution in [2.24, 2.45) is 17.8 Å². The predicted octanol–water partition coefficient (Wildman–Crippen LogP) is 5.36. The summed E-state index contributed by atoms with van der Waals surface area (Å²) in [6.07, 6.45) is 4.68. The van der Waals surface area contributed by atoms with E-state index in [0.29, 0.717) is 38.0 Å². The number of aliphatic hydroxyl groups is 1. The van der Waals surface area contributed by atoms with Crippen LogP contribution in [0.15, 0.2) is 42.2 Å². The van der Waals surface area contributed by atoms with Crippen LogP contribution in [-0.2, 0) is 14.2 Å². The van der Waals surface area contributed by atoms with Crippen LogP contribution in [0.2, 0.25) is 0 Å². The highest BCUT2D eigenvalue weighted by Crippen LogP contribution is 2.56. The number of aliphatic hydroxyl groups excluding tert-OH is 1. The summed E-state index contributed by atoms with van der Waals surface area (Å²) in [5.74, 6) is -0.884. The number of rotatable bonds is 8. The fraction of sp³-hybridized carbons (Fsp3) is 0.640. The minimum atomic E-state index is -0.971. The highest BCUT2D eigenvalue weighted by Gasteiger charge is 2.58. The molecule has 2 saturated carbocycles. The summed E-state index contributed by atoms with van der Waals surface area (Å²) in [5, 5.41) is 11.0. The molecule has 1 aromatic carbocycles. The van der Waals surface area contributed by atoms with Gasteiger partial charge in [0.25, 0.3) is 0 Å². The van der Waals surface area contributed by atoms with E-state index in [1.807, 2.05) is 13.0 Å². The first-order chi connectivity index (χ1) is 15.0. The standard InChI is InChI=1S/C25H33FO5/c1-2-3-9-19(26)10-11-21(27)23-20-16-25(29-12-13-30-25)15-18(20)14-22(23)31-24(28)17-7-5-4-6-8-17/h4-8,11,18-20,22-23,27H,2-3,9-10,12-16H2,1H3/b21-11+/t18-,19?,20+,22-,23+/m1/s1. The molecule has 1 spiro atoms. The van der Waals surface area contributed by atoms with Gasteiger partial charge in [0.15, 0.2) is 5.79 Å². The molecule has 3 aliphatic rings. The zero-order valence-corrected chi connectivity index (χ0v) is 18.2. The average Bonchev–Trinajstić information content (AvgIpc) is 3.46. The number of carbonyl (C=O) groups excluding carboxylic acids is 1. The Bertz CT molecular complexity index is 773. The molecule has 31 heavy (non-hydrogen) atoms. The normalized spacial score (nSPS) is 30.5. The van der Waals surface area contributed by atoms with Gasteiger partial charge in [-0.05, 0) is 42.9 Å².